The summed E-state index contributed by atoms with van der Waals surface area (Å²) in [7, 11) is 3.22. The van der Waals surface area contributed by atoms with E-state index >= 15 is 0 Å². The molecule has 4 rings (SSSR count). The van der Waals surface area contributed by atoms with Gasteiger partial charge in [-0.15, -0.1) is 0 Å². The standard InChI is InChI=1S/C37H53N3O7/c1-26(2)39(35(42)28-14-17-32(45-7)33(21-28)46-19-11-18-44-6)24-29-22-38(36(43)47-37(3,4)5)23-30(29)25-40(31-15-16-31)34(41)20-27-12-9-8-10-13-27/h8-10,12-14,17,21,26,29-31H,11,15-16,18-20,22-25H2,1-7H3/t29-,30-/m0/s1. The minimum Gasteiger partial charge on any atom is -0.493 e. The SMILES string of the molecule is COCCCOc1cc(C(=O)N(C[C@@H]2CN(C(=O)OC(C)(C)C)C[C@H]2CN(C(=O)Cc2ccccc2)C2CC2)C(C)C)ccc1OC. The van der Waals surface area contributed by atoms with Crippen molar-refractivity contribution < 1.29 is 33.3 Å². The number of carbonyl (C=O) groups is 3. The van der Waals surface area contributed by atoms with Gasteiger partial charge in [0, 0.05) is 75.8 Å². The van der Waals surface area contributed by atoms with Crippen LogP contribution in [0.5, 0.6) is 11.5 Å². The zero-order valence-corrected chi connectivity index (χ0v) is 29.2. The minimum atomic E-state index is -0.631. The Morgan fingerprint density at radius 2 is 1.60 bits per heavy atom. The van der Waals surface area contributed by atoms with Gasteiger partial charge >= 0.3 is 6.09 Å². The molecule has 0 aromatic heterocycles. The molecule has 1 saturated heterocycles. The maximum absolute atomic E-state index is 14.1. The highest BCUT2D eigenvalue weighted by molar-refractivity contribution is 5.95. The zero-order chi connectivity index (χ0) is 34.1. The number of nitrogens with zero attached hydrogens (tertiary/aromatic N) is 3. The molecule has 2 atom stereocenters. The number of hydrogen-bond acceptors (Lipinski definition) is 7. The van der Waals surface area contributed by atoms with Crippen molar-refractivity contribution in [1.82, 2.24) is 14.7 Å². The lowest BCUT2D eigenvalue weighted by molar-refractivity contribution is -0.131. The smallest absolute Gasteiger partial charge is 0.410 e. The van der Waals surface area contributed by atoms with E-state index in [1.165, 1.54) is 0 Å². The second-order valence-electron chi connectivity index (χ2n) is 14.0. The highest BCUT2D eigenvalue weighted by Gasteiger charge is 2.43. The Bertz CT molecular complexity index is 1340. The molecule has 0 bridgehead atoms. The fraction of sp³-hybridized carbons (Fsp3) is 0.595. The maximum atomic E-state index is 14.1. The van der Waals surface area contributed by atoms with Crippen LogP contribution < -0.4 is 9.47 Å². The highest BCUT2D eigenvalue weighted by atomic mass is 16.6. The van der Waals surface area contributed by atoms with Gasteiger partial charge in [0.25, 0.3) is 5.91 Å². The largest absolute Gasteiger partial charge is 0.493 e. The summed E-state index contributed by atoms with van der Waals surface area (Å²) in [5, 5.41) is 0. The third-order valence-corrected chi connectivity index (χ3v) is 8.64. The molecule has 0 radical (unpaired) electrons. The zero-order valence-electron chi connectivity index (χ0n) is 29.2. The van der Waals surface area contributed by atoms with Gasteiger partial charge in [0.15, 0.2) is 11.5 Å². The molecule has 0 unspecified atom stereocenters. The first-order valence-electron chi connectivity index (χ1n) is 16.8. The van der Waals surface area contributed by atoms with Crippen LogP contribution in [-0.2, 0) is 20.7 Å². The Balaban J connectivity index is 1.55. The number of ether oxygens (including phenoxy) is 4. The molecule has 2 aliphatic rings. The van der Waals surface area contributed by atoms with Crippen LogP contribution in [0.3, 0.4) is 0 Å². The second kappa shape index (κ2) is 16.4. The first-order chi connectivity index (χ1) is 22.4. The fourth-order valence-electron chi connectivity index (χ4n) is 6.05. The van der Waals surface area contributed by atoms with E-state index in [0.717, 1.165) is 18.4 Å². The Morgan fingerprint density at radius 1 is 0.915 bits per heavy atom. The Labute approximate surface area is 280 Å². The normalized spacial score (nSPS) is 17.8. The summed E-state index contributed by atoms with van der Waals surface area (Å²) in [6.45, 7) is 12.4. The number of rotatable bonds is 15. The van der Waals surface area contributed by atoms with Crippen LogP contribution in [0.25, 0.3) is 0 Å². The van der Waals surface area contributed by atoms with E-state index in [2.05, 4.69) is 0 Å². The first-order valence-corrected chi connectivity index (χ1v) is 16.8. The molecule has 2 aromatic rings. The third-order valence-electron chi connectivity index (χ3n) is 8.64. The number of likely N-dealkylation sites (tertiary alicyclic amines) is 1. The van der Waals surface area contributed by atoms with E-state index in [-0.39, 0.29) is 41.8 Å². The summed E-state index contributed by atoms with van der Waals surface area (Å²) in [6.07, 6.45) is 2.65. The number of amides is 3. The molecule has 0 N–H and O–H groups in total. The van der Waals surface area contributed by atoms with Crippen molar-refractivity contribution >= 4 is 17.9 Å². The summed E-state index contributed by atoms with van der Waals surface area (Å²) in [6, 6.07) is 15.2. The average molecular weight is 652 g/mol. The topological polar surface area (TPSA) is 97.9 Å². The quantitative estimate of drug-likeness (QED) is 0.229. The molecule has 1 aliphatic carbocycles. The molecule has 1 heterocycles. The summed E-state index contributed by atoms with van der Waals surface area (Å²) in [4.78, 5) is 46.6. The van der Waals surface area contributed by atoms with Gasteiger partial charge in [-0.1, -0.05) is 30.3 Å². The second-order valence-corrected chi connectivity index (χ2v) is 14.0. The van der Waals surface area contributed by atoms with Gasteiger partial charge < -0.3 is 33.6 Å². The van der Waals surface area contributed by atoms with Gasteiger partial charge in [0.2, 0.25) is 5.91 Å². The van der Waals surface area contributed by atoms with Crippen LogP contribution in [0.15, 0.2) is 48.5 Å². The van der Waals surface area contributed by atoms with Crippen molar-refractivity contribution in [3.05, 3.63) is 59.7 Å². The molecule has 2 fully saturated rings. The fourth-order valence-corrected chi connectivity index (χ4v) is 6.05. The van der Waals surface area contributed by atoms with Gasteiger partial charge in [0.05, 0.1) is 20.1 Å². The number of hydrogen-bond donors (Lipinski definition) is 0. The highest BCUT2D eigenvalue weighted by Crippen LogP contribution is 2.34. The van der Waals surface area contributed by atoms with E-state index in [1.807, 2.05) is 74.8 Å². The molecule has 258 valence electrons. The average Bonchev–Trinajstić information content (AvgIpc) is 3.79. The van der Waals surface area contributed by atoms with Gasteiger partial charge in [-0.3, -0.25) is 9.59 Å². The molecular formula is C37H53N3O7. The van der Waals surface area contributed by atoms with Gasteiger partial charge in [-0.2, -0.15) is 0 Å². The van der Waals surface area contributed by atoms with Gasteiger partial charge in [0.1, 0.15) is 5.60 Å². The minimum absolute atomic E-state index is 0.0209. The van der Waals surface area contributed by atoms with Crippen LogP contribution >= 0.6 is 0 Å². The van der Waals surface area contributed by atoms with E-state index in [1.54, 1.807) is 37.3 Å². The Kier molecular flexibility index (Phi) is 12.5. The molecule has 10 nitrogen and oxygen atoms in total. The Morgan fingerprint density at radius 3 is 2.19 bits per heavy atom. The monoisotopic (exact) mass is 651 g/mol. The van der Waals surface area contributed by atoms with Crippen molar-refractivity contribution in [2.45, 2.75) is 78.0 Å². The summed E-state index contributed by atoms with van der Waals surface area (Å²) < 4.78 is 22.3. The lowest BCUT2D eigenvalue weighted by Crippen LogP contribution is -2.45. The van der Waals surface area contributed by atoms with Crippen LogP contribution in [0, 0.1) is 11.8 Å². The predicted octanol–water partition coefficient (Wildman–Crippen LogP) is 5.68. The molecule has 2 aromatic carbocycles. The predicted molar refractivity (Wildman–Crippen MR) is 181 cm³/mol. The number of methoxy groups -OCH3 is 2. The summed E-state index contributed by atoms with van der Waals surface area (Å²) in [5.74, 6) is 0.957. The maximum Gasteiger partial charge on any atom is 0.410 e. The van der Waals surface area contributed by atoms with E-state index in [4.69, 9.17) is 18.9 Å². The lowest BCUT2D eigenvalue weighted by Gasteiger charge is -2.33. The van der Waals surface area contributed by atoms with Gasteiger partial charge in [-0.25, -0.2) is 4.79 Å². The van der Waals surface area contributed by atoms with Crippen molar-refractivity contribution in [3.8, 4) is 11.5 Å². The molecule has 1 saturated carbocycles. The molecule has 3 amide bonds. The van der Waals surface area contributed by atoms with Gasteiger partial charge in [-0.05, 0) is 71.2 Å². The van der Waals surface area contributed by atoms with E-state index in [9.17, 15) is 14.4 Å². The van der Waals surface area contributed by atoms with E-state index in [0.29, 0.717) is 69.3 Å². The van der Waals surface area contributed by atoms with E-state index < -0.39 is 5.60 Å². The molecule has 47 heavy (non-hydrogen) atoms. The molecule has 10 heteroatoms. The lowest BCUT2D eigenvalue weighted by atomic mass is 9.93. The van der Waals surface area contributed by atoms with Crippen molar-refractivity contribution in [1.29, 1.82) is 0 Å². The van der Waals surface area contributed by atoms with Crippen LogP contribution in [0.2, 0.25) is 0 Å². The van der Waals surface area contributed by atoms with Crippen LogP contribution in [-0.4, -0.2) is 104 Å². The van der Waals surface area contributed by atoms with Crippen LogP contribution in [0.4, 0.5) is 4.79 Å². The Hall–Kier alpha value is -3.79. The van der Waals surface area contributed by atoms with Crippen LogP contribution in [0.1, 0.15) is 69.8 Å². The summed E-state index contributed by atoms with van der Waals surface area (Å²) in [5.41, 5.74) is 0.852. The van der Waals surface area contributed by atoms with Crippen molar-refractivity contribution in [2.75, 3.05) is 53.6 Å². The number of carbonyl (C=O) groups excluding carboxylic acids is 3. The molecule has 0 spiro atoms. The molecular weight excluding hydrogens is 598 g/mol. The van der Waals surface area contributed by atoms with Crippen molar-refractivity contribution in [3.63, 3.8) is 0 Å². The third kappa shape index (κ3) is 10.3. The van der Waals surface area contributed by atoms with Crippen molar-refractivity contribution in [2.24, 2.45) is 11.8 Å². The summed E-state index contributed by atoms with van der Waals surface area (Å²) >= 11 is 0. The molecule has 1 aliphatic heterocycles. The number of benzene rings is 2. The first kappa shape index (κ1) is 36.1.